The van der Waals surface area contributed by atoms with Crippen molar-refractivity contribution in [3.05, 3.63) is 47.2 Å². The van der Waals surface area contributed by atoms with E-state index in [0.717, 1.165) is 28.3 Å². The van der Waals surface area contributed by atoms with Gasteiger partial charge in [-0.3, -0.25) is 0 Å². The Kier molecular flexibility index (Phi) is 3.29. The van der Waals surface area contributed by atoms with E-state index < -0.39 is 0 Å². The van der Waals surface area contributed by atoms with Crippen molar-refractivity contribution in [1.82, 2.24) is 15.0 Å². The van der Waals surface area contributed by atoms with Crippen LogP contribution in [0.25, 0.3) is 22.4 Å². The van der Waals surface area contributed by atoms with Crippen molar-refractivity contribution in [2.24, 2.45) is 0 Å². The lowest BCUT2D eigenvalue weighted by Crippen LogP contribution is -2.03. The Morgan fingerprint density at radius 2 is 1.71 bits per heavy atom. The summed E-state index contributed by atoms with van der Waals surface area (Å²) in [5.41, 5.74) is 5.00. The molecule has 0 aliphatic rings. The Morgan fingerprint density at radius 1 is 0.952 bits per heavy atom. The van der Waals surface area contributed by atoms with Gasteiger partial charge in [0.1, 0.15) is 11.5 Å². The minimum atomic E-state index is 0.663. The number of hydrogen-bond acceptors (Lipinski definition) is 4. The minimum Gasteiger partial charge on any atom is -0.373 e. The van der Waals surface area contributed by atoms with Crippen molar-refractivity contribution in [1.29, 1.82) is 0 Å². The first kappa shape index (κ1) is 13.5. The predicted molar refractivity (Wildman–Crippen MR) is 86.5 cm³/mol. The molecule has 1 aromatic carbocycles. The fourth-order valence-corrected chi connectivity index (χ4v) is 2.45. The van der Waals surface area contributed by atoms with E-state index >= 15 is 0 Å². The summed E-state index contributed by atoms with van der Waals surface area (Å²) in [4.78, 5) is 13.9. The first-order chi connectivity index (χ1) is 10.1. The summed E-state index contributed by atoms with van der Waals surface area (Å²) in [6, 6.07) is 10.2. The molecule has 0 spiro atoms. The molecular weight excluding hydrogens is 260 g/mol. The average Bonchev–Trinajstić information content (AvgIpc) is 2.50. The Labute approximate surface area is 124 Å². The molecule has 0 saturated heterocycles. The van der Waals surface area contributed by atoms with Crippen LogP contribution in [-0.2, 0) is 0 Å². The molecule has 3 rings (SSSR count). The average molecular weight is 278 g/mol. The Bertz CT molecular complexity index is 824. The lowest BCUT2D eigenvalue weighted by atomic mass is 10.1. The third kappa shape index (κ3) is 2.33. The van der Waals surface area contributed by atoms with E-state index in [0.29, 0.717) is 5.82 Å². The van der Waals surface area contributed by atoms with Gasteiger partial charge in [0.25, 0.3) is 0 Å². The number of benzene rings is 1. The standard InChI is InChI=1S/C17H18N4/c1-10-9-15(20-14-8-6-5-7-13(10)14)17-19-12(3)11(2)16(18-4)21-17/h5-9H,1-4H3,(H,18,19,21). The van der Waals surface area contributed by atoms with Crippen molar-refractivity contribution in [2.75, 3.05) is 12.4 Å². The number of aromatic nitrogens is 3. The molecule has 0 unspecified atom stereocenters. The van der Waals surface area contributed by atoms with E-state index in [1.54, 1.807) is 0 Å². The van der Waals surface area contributed by atoms with Crippen LogP contribution in [0.5, 0.6) is 0 Å². The summed E-state index contributed by atoms with van der Waals surface area (Å²) in [6.45, 7) is 6.10. The molecule has 0 aliphatic heterocycles. The Balaban J connectivity index is 2.23. The largest absolute Gasteiger partial charge is 0.373 e. The topological polar surface area (TPSA) is 50.7 Å². The minimum absolute atomic E-state index is 0.663. The zero-order valence-corrected chi connectivity index (χ0v) is 12.7. The van der Waals surface area contributed by atoms with Crippen LogP contribution >= 0.6 is 0 Å². The molecule has 4 nitrogen and oxygen atoms in total. The van der Waals surface area contributed by atoms with Crippen LogP contribution in [0.4, 0.5) is 5.82 Å². The van der Waals surface area contributed by atoms with E-state index in [-0.39, 0.29) is 0 Å². The van der Waals surface area contributed by atoms with Gasteiger partial charge in [0.2, 0.25) is 0 Å². The monoisotopic (exact) mass is 278 g/mol. The molecule has 0 fully saturated rings. The number of anilines is 1. The molecule has 0 amide bonds. The van der Waals surface area contributed by atoms with Gasteiger partial charge in [-0.1, -0.05) is 18.2 Å². The summed E-state index contributed by atoms with van der Waals surface area (Å²) in [6.07, 6.45) is 0. The zero-order chi connectivity index (χ0) is 15.0. The molecule has 0 bridgehead atoms. The van der Waals surface area contributed by atoms with Gasteiger partial charge in [-0.05, 0) is 38.5 Å². The number of nitrogens with zero attached hydrogens (tertiary/aromatic N) is 3. The zero-order valence-electron chi connectivity index (χ0n) is 12.7. The highest BCUT2D eigenvalue weighted by atomic mass is 15.0. The van der Waals surface area contributed by atoms with Crippen molar-refractivity contribution in [3.8, 4) is 11.5 Å². The smallest absolute Gasteiger partial charge is 0.180 e. The molecule has 0 radical (unpaired) electrons. The maximum absolute atomic E-state index is 4.70. The Hall–Kier alpha value is -2.49. The Morgan fingerprint density at radius 3 is 2.48 bits per heavy atom. The number of pyridine rings is 1. The number of para-hydroxylation sites is 1. The van der Waals surface area contributed by atoms with Gasteiger partial charge >= 0.3 is 0 Å². The summed E-state index contributed by atoms with van der Waals surface area (Å²) < 4.78 is 0. The van der Waals surface area contributed by atoms with Gasteiger partial charge in [-0.15, -0.1) is 0 Å². The van der Waals surface area contributed by atoms with Crippen LogP contribution in [0.15, 0.2) is 30.3 Å². The third-order valence-corrected chi connectivity index (χ3v) is 3.78. The molecule has 1 N–H and O–H groups in total. The van der Waals surface area contributed by atoms with Crippen LogP contribution in [0.1, 0.15) is 16.8 Å². The normalized spacial score (nSPS) is 10.9. The van der Waals surface area contributed by atoms with Crippen molar-refractivity contribution in [2.45, 2.75) is 20.8 Å². The lowest BCUT2D eigenvalue weighted by molar-refractivity contribution is 1.06. The highest BCUT2D eigenvalue weighted by molar-refractivity contribution is 5.84. The van der Waals surface area contributed by atoms with Gasteiger partial charge in [0.15, 0.2) is 5.82 Å². The van der Waals surface area contributed by atoms with Crippen molar-refractivity contribution in [3.63, 3.8) is 0 Å². The van der Waals surface area contributed by atoms with E-state index in [9.17, 15) is 0 Å². The SMILES string of the molecule is CNc1nc(-c2cc(C)c3ccccc3n2)nc(C)c1C. The molecule has 2 heterocycles. The van der Waals surface area contributed by atoms with E-state index in [1.807, 2.05) is 45.2 Å². The van der Waals surface area contributed by atoms with Crippen LogP contribution in [-0.4, -0.2) is 22.0 Å². The second kappa shape index (κ2) is 5.13. The van der Waals surface area contributed by atoms with Gasteiger partial charge in [0, 0.05) is 23.7 Å². The van der Waals surface area contributed by atoms with E-state index in [4.69, 9.17) is 4.98 Å². The molecule has 4 heteroatoms. The van der Waals surface area contributed by atoms with Crippen LogP contribution in [0.2, 0.25) is 0 Å². The third-order valence-electron chi connectivity index (χ3n) is 3.78. The molecule has 106 valence electrons. The molecule has 0 saturated carbocycles. The number of nitrogens with one attached hydrogen (secondary N) is 1. The number of hydrogen-bond donors (Lipinski definition) is 1. The second-order valence-corrected chi connectivity index (χ2v) is 5.20. The first-order valence-corrected chi connectivity index (χ1v) is 7.00. The quantitative estimate of drug-likeness (QED) is 0.777. The highest BCUT2D eigenvalue weighted by Crippen LogP contribution is 2.24. The summed E-state index contributed by atoms with van der Waals surface area (Å²) in [5.74, 6) is 1.52. The lowest BCUT2D eigenvalue weighted by Gasteiger charge is -2.10. The first-order valence-electron chi connectivity index (χ1n) is 7.00. The van der Waals surface area contributed by atoms with Gasteiger partial charge in [0.05, 0.1) is 5.52 Å². The fourth-order valence-electron chi connectivity index (χ4n) is 2.45. The molecule has 0 aliphatic carbocycles. The van der Waals surface area contributed by atoms with Crippen LogP contribution < -0.4 is 5.32 Å². The number of aryl methyl sites for hydroxylation is 2. The molecule has 2 aromatic heterocycles. The second-order valence-electron chi connectivity index (χ2n) is 5.20. The molecule has 3 aromatic rings. The van der Waals surface area contributed by atoms with Gasteiger partial charge < -0.3 is 5.32 Å². The fraction of sp³-hybridized carbons (Fsp3) is 0.235. The molecule has 0 atom stereocenters. The highest BCUT2D eigenvalue weighted by Gasteiger charge is 2.11. The maximum Gasteiger partial charge on any atom is 0.180 e. The van der Waals surface area contributed by atoms with Gasteiger partial charge in [-0.2, -0.15) is 0 Å². The summed E-state index contributed by atoms with van der Waals surface area (Å²) in [5, 5.41) is 4.28. The molecular formula is C17H18N4. The number of fused-ring (bicyclic) bond motifs is 1. The van der Waals surface area contributed by atoms with Crippen molar-refractivity contribution < 1.29 is 0 Å². The van der Waals surface area contributed by atoms with Crippen LogP contribution in [0, 0.1) is 20.8 Å². The van der Waals surface area contributed by atoms with Crippen molar-refractivity contribution >= 4 is 16.7 Å². The summed E-state index contributed by atoms with van der Waals surface area (Å²) in [7, 11) is 1.87. The number of rotatable bonds is 2. The van der Waals surface area contributed by atoms with E-state index in [1.165, 1.54) is 10.9 Å². The molecule has 21 heavy (non-hydrogen) atoms. The predicted octanol–water partition coefficient (Wildman–Crippen LogP) is 3.66. The summed E-state index contributed by atoms with van der Waals surface area (Å²) >= 11 is 0. The van der Waals surface area contributed by atoms with Gasteiger partial charge in [-0.25, -0.2) is 15.0 Å². The van der Waals surface area contributed by atoms with E-state index in [2.05, 4.69) is 28.3 Å². The maximum atomic E-state index is 4.70. The van der Waals surface area contributed by atoms with Crippen LogP contribution in [0.3, 0.4) is 0 Å².